The fraction of sp³-hybridized carbons (Fsp3) is 0.483. The lowest BCUT2D eigenvalue weighted by Gasteiger charge is -2.36. The number of hydrogen-bond acceptors (Lipinski definition) is 4. The molecular weight excluding hydrogens is 438 g/mol. The van der Waals surface area contributed by atoms with Gasteiger partial charge in [0, 0.05) is 42.4 Å². The summed E-state index contributed by atoms with van der Waals surface area (Å²) in [5.41, 5.74) is 5.31. The van der Waals surface area contributed by atoms with Crippen LogP contribution in [-0.4, -0.2) is 54.3 Å². The molecule has 0 radical (unpaired) electrons. The number of carbonyl (C=O) groups is 2. The minimum Gasteiger partial charge on any atom is -0.377 e. The highest BCUT2D eigenvalue weighted by Gasteiger charge is 2.30. The van der Waals surface area contributed by atoms with E-state index in [1.165, 1.54) is 6.42 Å². The van der Waals surface area contributed by atoms with Gasteiger partial charge in [-0.2, -0.15) is 0 Å². The normalized spacial score (nSPS) is 16.6. The maximum Gasteiger partial charge on any atom is 0.254 e. The first-order valence-corrected chi connectivity index (χ1v) is 12.8. The van der Waals surface area contributed by atoms with Crippen molar-refractivity contribution in [2.45, 2.75) is 65.0 Å². The van der Waals surface area contributed by atoms with Crippen molar-refractivity contribution in [3.8, 4) is 11.1 Å². The van der Waals surface area contributed by atoms with Crippen molar-refractivity contribution < 1.29 is 14.3 Å². The number of nitrogens with one attached hydrogen (secondary N) is 2. The van der Waals surface area contributed by atoms with Crippen LogP contribution in [0.4, 0.5) is 0 Å². The minimum atomic E-state index is -0.112. The third-order valence-corrected chi connectivity index (χ3v) is 7.18. The Kier molecular flexibility index (Phi) is 8.01. The van der Waals surface area contributed by atoms with Crippen LogP contribution in [0.1, 0.15) is 72.7 Å². The third-order valence-electron chi connectivity index (χ3n) is 7.18. The van der Waals surface area contributed by atoms with E-state index >= 15 is 0 Å². The van der Waals surface area contributed by atoms with E-state index in [2.05, 4.69) is 18.3 Å². The molecule has 0 unspecified atom stereocenters. The van der Waals surface area contributed by atoms with Crippen molar-refractivity contribution in [1.82, 2.24) is 10.2 Å². The average molecular weight is 476 g/mol. The van der Waals surface area contributed by atoms with Crippen molar-refractivity contribution in [2.75, 3.05) is 19.7 Å². The Balaban J connectivity index is 1.38. The van der Waals surface area contributed by atoms with Crippen LogP contribution in [0.25, 0.3) is 11.1 Å². The predicted molar refractivity (Wildman–Crippen MR) is 139 cm³/mol. The van der Waals surface area contributed by atoms with Gasteiger partial charge in [-0.15, -0.1) is 0 Å². The molecule has 2 amide bonds. The van der Waals surface area contributed by atoms with E-state index in [9.17, 15) is 9.59 Å². The molecule has 6 nitrogen and oxygen atoms in total. The summed E-state index contributed by atoms with van der Waals surface area (Å²) in [5.74, 6) is 0.392. The largest absolute Gasteiger partial charge is 0.377 e. The first kappa shape index (κ1) is 25.1. The van der Waals surface area contributed by atoms with Gasteiger partial charge in [0.1, 0.15) is 0 Å². The Morgan fingerprint density at radius 2 is 1.83 bits per heavy atom. The van der Waals surface area contributed by atoms with Crippen LogP contribution in [0.15, 0.2) is 42.5 Å². The lowest BCUT2D eigenvalue weighted by atomic mass is 9.79. The molecule has 0 spiro atoms. The summed E-state index contributed by atoms with van der Waals surface area (Å²) in [4.78, 5) is 27.5. The number of nitrogens with zero attached hydrogens (tertiary/aromatic N) is 1. The fourth-order valence-corrected chi connectivity index (χ4v) is 4.83. The minimum absolute atomic E-state index is 0.0547. The van der Waals surface area contributed by atoms with Gasteiger partial charge in [0.05, 0.1) is 12.7 Å². The van der Waals surface area contributed by atoms with Crippen LogP contribution >= 0.6 is 0 Å². The van der Waals surface area contributed by atoms with E-state index in [0.29, 0.717) is 37.6 Å². The molecule has 4 rings (SSSR count). The van der Waals surface area contributed by atoms with E-state index in [0.717, 1.165) is 47.2 Å². The molecule has 1 saturated carbocycles. The van der Waals surface area contributed by atoms with Crippen LogP contribution in [0.2, 0.25) is 0 Å². The first-order valence-electron chi connectivity index (χ1n) is 12.8. The van der Waals surface area contributed by atoms with E-state index < -0.39 is 0 Å². The topological polar surface area (TPSA) is 82.5 Å². The Hall–Kier alpha value is -2.99. The molecule has 2 aromatic carbocycles. The molecule has 1 atom stereocenters. The summed E-state index contributed by atoms with van der Waals surface area (Å²) in [5, 5.41) is 11.2. The third kappa shape index (κ3) is 5.99. The quantitative estimate of drug-likeness (QED) is 0.370. The molecule has 6 heteroatoms. The van der Waals surface area contributed by atoms with Crippen LogP contribution in [0.3, 0.4) is 0 Å². The highest BCUT2D eigenvalue weighted by Crippen LogP contribution is 2.31. The Bertz CT molecular complexity index is 1070. The molecule has 2 aromatic rings. The second kappa shape index (κ2) is 11.2. The number of amides is 2. The lowest BCUT2D eigenvalue weighted by molar-refractivity contribution is 0.0678. The second-order valence-electron chi connectivity index (χ2n) is 10.1. The van der Waals surface area contributed by atoms with Gasteiger partial charge < -0.3 is 20.4 Å². The monoisotopic (exact) mass is 475 g/mol. The van der Waals surface area contributed by atoms with Crippen molar-refractivity contribution in [3.05, 3.63) is 59.2 Å². The Morgan fingerprint density at radius 3 is 2.49 bits per heavy atom. The summed E-state index contributed by atoms with van der Waals surface area (Å²) in [7, 11) is 0. The maximum atomic E-state index is 13.2. The van der Waals surface area contributed by atoms with Gasteiger partial charge in [0.15, 0.2) is 0 Å². The number of rotatable bonds is 10. The van der Waals surface area contributed by atoms with Crippen LogP contribution in [0.5, 0.6) is 0 Å². The van der Waals surface area contributed by atoms with E-state index in [1.807, 2.05) is 55.1 Å². The zero-order valence-corrected chi connectivity index (χ0v) is 21.1. The number of ether oxygens (including phenoxy) is 1. The van der Waals surface area contributed by atoms with Gasteiger partial charge in [-0.05, 0) is 80.8 Å². The standard InChI is InChI=1S/C29H37N3O3/c1-19(2)35-16-14-31-28(33)23-9-7-21(8-10-23)24-11-12-26-25(18-24)13-15-32(29(26)34)20(3)17-27(30)22-5-4-6-22/h7-12,18-20,22,30H,4-6,13-17H2,1-3H3,(H,31,33)/t20-/m1/s1. The summed E-state index contributed by atoms with van der Waals surface area (Å²) in [6.45, 7) is 7.67. The highest BCUT2D eigenvalue weighted by atomic mass is 16.5. The van der Waals surface area contributed by atoms with Crippen LogP contribution < -0.4 is 5.32 Å². The molecule has 0 aromatic heterocycles. The molecule has 2 aliphatic rings. The number of carbonyl (C=O) groups excluding carboxylic acids is 2. The van der Waals surface area contributed by atoms with Crippen LogP contribution in [-0.2, 0) is 11.2 Å². The SMILES string of the molecule is CC(C)OCCNC(=O)c1ccc(-c2ccc3c(c2)CCN([C@H](C)CC(=N)C2CCC2)C3=O)cc1. The van der Waals surface area contributed by atoms with Gasteiger partial charge in [-0.25, -0.2) is 0 Å². The van der Waals surface area contributed by atoms with Crippen molar-refractivity contribution in [3.63, 3.8) is 0 Å². The number of fused-ring (bicyclic) bond motifs is 1. The molecule has 0 bridgehead atoms. The van der Waals surface area contributed by atoms with Crippen molar-refractivity contribution in [1.29, 1.82) is 5.41 Å². The molecule has 2 N–H and O–H groups in total. The van der Waals surface area contributed by atoms with Gasteiger partial charge in [0.25, 0.3) is 11.8 Å². The summed E-state index contributed by atoms with van der Waals surface area (Å²) in [6.07, 6.45) is 5.12. The Labute approximate surface area is 208 Å². The smallest absolute Gasteiger partial charge is 0.254 e. The van der Waals surface area contributed by atoms with Gasteiger partial charge in [-0.3, -0.25) is 9.59 Å². The predicted octanol–water partition coefficient (Wildman–Crippen LogP) is 5.11. The van der Waals surface area contributed by atoms with Gasteiger partial charge in [-0.1, -0.05) is 30.7 Å². The van der Waals surface area contributed by atoms with Crippen molar-refractivity contribution in [2.24, 2.45) is 5.92 Å². The first-order chi connectivity index (χ1) is 16.8. The van der Waals surface area contributed by atoms with Gasteiger partial charge >= 0.3 is 0 Å². The van der Waals surface area contributed by atoms with Gasteiger partial charge in [0.2, 0.25) is 0 Å². The zero-order valence-electron chi connectivity index (χ0n) is 21.1. The zero-order chi connectivity index (χ0) is 24.9. The van der Waals surface area contributed by atoms with E-state index in [1.54, 1.807) is 0 Å². The van der Waals surface area contributed by atoms with E-state index in [-0.39, 0.29) is 24.0 Å². The molecule has 35 heavy (non-hydrogen) atoms. The Morgan fingerprint density at radius 1 is 1.11 bits per heavy atom. The maximum absolute atomic E-state index is 13.2. The lowest BCUT2D eigenvalue weighted by Crippen LogP contribution is -2.44. The van der Waals surface area contributed by atoms with Crippen molar-refractivity contribution >= 4 is 17.5 Å². The average Bonchev–Trinajstić information content (AvgIpc) is 2.80. The second-order valence-corrected chi connectivity index (χ2v) is 10.1. The van der Waals surface area contributed by atoms with E-state index in [4.69, 9.17) is 10.1 Å². The summed E-state index contributed by atoms with van der Waals surface area (Å²) < 4.78 is 5.46. The number of benzene rings is 2. The molecule has 0 saturated heterocycles. The summed E-state index contributed by atoms with van der Waals surface area (Å²) >= 11 is 0. The molecule has 186 valence electrons. The van der Waals surface area contributed by atoms with Crippen LogP contribution in [0, 0.1) is 11.3 Å². The molecule has 1 fully saturated rings. The number of hydrogen-bond donors (Lipinski definition) is 2. The summed E-state index contributed by atoms with van der Waals surface area (Å²) in [6, 6.07) is 13.6. The molecule has 1 aliphatic heterocycles. The highest BCUT2D eigenvalue weighted by molar-refractivity contribution is 5.98. The molecular formula is C29H37N3O3. The molecule has 1 heterocycles. The molecule has 1 aliphatic carbocycles. The fourth-order valence-electron chi connectivity index (χ4n) is 4.83.